The molecule has 0 unspecified atom stereocenters. The van der Waals surface area contributed by atoms with Gasteiger partial charge in [-0.25, -0.2) is 0 Å². The van der Waals surface area contributed by atoms with Gasteiger partial charge in [0.2, 0.25) is 0 Å². The highest BCUT2D eigenvalue weighted by molar-refractivity contribution is 5.92. The smallest absolute Gasteiger partial charge is 0.274 e. The highest BCUT2D eigenvalue weighted by Gasteiger charge is 2.45. The van der Waals surface area contributed by atoms with Crippen LogP contribution in [-0.4, -0.2) is 34.6 Å². The lowest BCUT2D eigenvalue weighted by Crippen LogP contribution is -2.34. The zero-order chi connectivity index (χ0) is 17.3. The predicted molar refractivity (Wildman–Crippen MR) is 98.7 cm³/mol. The molecule has 0 radical (unpaired) electrons. The first-order chi connectivity index (χ1) is 12.2. The molecule has 1 N–H and O–H groups in total. The van der Waals surface area contributed by atoms with E-state index in [0.29, 0.717) is 11.6 Å². The van der Waals surface area contributed by atoms with Crippen molar-refractivity contribution in [3.63, 3.8) is 0 Å². The normalized spacial score (nSPS) is 19.6. The van der Waals surface area contributed by atoms with Crippen molar-refractivity contribution >= 4 is 5.91 Å². The van der Waals surface area contributed by atoms with Gasteiger partial charge in [0.15, 0.2) is 0 Å². The fourth-order valence-corrected chi connectivity index (χ4v) is 4.27. The van der Waals surface area contributed by atoms with Crippen molar-refractivity contribution < 1.29 is 4.79 Å². The minimum atomic E-state index is 0.0283. The Morgan fingerprint density at radius 1 is 1.20 bits per heavy atom. The molecule has 0 aliphatic heterocycles. The van der Waals surface area contributed by atoms with E-state index in [1.54, 1.807) is 0 Å². The van der Waals surface area contributed by atoms with E-state index >= 15 is 0 Å². The number of H-pyrrole nitrogens is 1. The van der Waals surface area contributed by atoms with Crippen LogP contribution in [0.1, 0.15) is 72.6 Å². The van der Waals surface area contributed by atoms with Gasteiger partial charge in [-0.3, -0.25) is 9.89 Å². The largest absolute Gasteiger partial charge is 0.339 e. The van der Waals surface area contributed by atoms with Crippen LogP contribution < -0.4 is 0 Å². The Kier molecular flexibility index (Phi) is 4.36. The van der Waals surface area contributed by atoms with E-state index < -0.39 is 0 Å². The number of hydrogen-bond acceptors (Lipinski definition) is 2. The highest BCUT2D eigenvalue weighted by atomic mass is 16.2. The minimum Gasteiger partial charge on any atom is -0.339 e. The zero-order valence-electron chi connectivity index (χ0n) is 15.0. The molecule has 0 bridgehead atoms. The summed E-state index contributed by atoms with van der Waals surface area (Å²) in [6.07, 6.45) is 8.64. The number of rotatable bonds is 5. The standard InChI is InChI=1S/C21H27N3O/c1-24(15-21(12-13-21)17-10-6-3-7-11-17)20(25)19-14-18(22-23-19)16-8-4-2-5-9-16/h3,6-7,10-11,14,16H,2,4-5,8-9,12-13,15H2,1H3,(H,22,23). The maximum absolute atomic E-state index is 12.8. The fourth-order valence-electron chi connectivity index (χ4n) is 4.27. The minimum absolute atomic E-state index is 0.0283. The molecule has 2 saturated carbocycles. The third kappa shape index (κ3) is 3.35. The number of nitrogens with one attached hydrogen (secondary N) is 1. The Hall–Kier alpha value is -2.10. The van der Waals surface area contributed by atoms with E-state index in [2.05, 4.69) is 34.5 Å². The molecule has 0 spiro atoms. The summed E-state index contributed by atoms with van der Waals surface area (Å²) >= 11 is 0. The van der Waals surface area contributed by atoms with Gasteiger partial charge in [-0.15, -0.1) is 0 Å². The molecule has 1 amide bonds. The average molecular weight is 337 g/mol. The van der Waals surface area contributed by atoms with Crippen LogP contribution in [0.25, 0.3) is 0 Å². The predicted octanol–water partition coefficient (Wildman–Crippen LogP) is 4.26. The zero-order valence-corrected chi connectivity index (χ0v) is 15.0. The van der Waals surface area contributed by atoms with Crippen LogP contribution in [0.5, 0.6) is 0 Å². The molecule has 2 aromatic rings. The lowest BCUT2D eigenvalue weighted by Gasteiger charge is -2.23. The van der Waals surface area contributed by atoms with Gasteiger partial charge >= 0.3 is 0 Å². The molecule has 2 aliphatic carbocycles. The molecule has 1 aromatic carbocycles. The maximum Gasteiger partial charge on any atom is 0.274 e. The van der Waals surface area contributed by atoms with Crippen molar-refractivity contribution in [3.05, 3.63) is 53.3 Å². The van der Waals surface area contributed by atoms with Gasteiger partial charge in [-0.05, 0) is 37.3 Å². The molecule has 1 heterocycles. The Morgan fingerprint density at radius 2 is 1.92 bits per heavy atom. The van der Waals surface area contributed by atoms with Gasteiger partial charge in [0, 0.05) is 30.6 Å². The molecule has 4 heteroatoms. The quantitative estimate of drug-likeness (QED) is 0.886. The summed E-state index contributed by atoms with van der Waals surface area (Å²) in [4.78, 5) is 14.7. The number of amides is 1. The number of aromatic nitrogens is 2. The molecule has 4 nitrogen and oxygen atoms in total. The van der Waals surface area contributed by atoms with Gasteiger partial charge < -0.3 is 4.90 Å². The van der Waals surface area contributed by atoms with Crippen LogP contribution in [0.2, 0.25) is 0 Å². The number of aromatic amines is 1. The summed E-state index contributed by atoms with van der Waals surface area (Å²) in [5.74, 6) is 0.577. The summed E-state index contributed by atoms with van der Waals surface area (Å²) in [5.41, 5.74) is 3.20. The van der Waals surface area contributed by atoms with Gasteiger partial charge in [0.05, 0.1) is 0 Å². The maximum atomic E-state index is 12.8. The van der Waals surface area contributed by atoms with E-state index in [4.69, 9.17) is 0 Å². The van der Waals surface area contributed by atoms with Crippen LogP contribution >= 0.6 is 0 Å². The van der Waals surface area contributed by atoms with Crippen molar-refractivity contribution in [3.8, 4) is 0 Å². The summed E-state index contributed by atoms with van der Waals surface area (Å²) in [6, 6.07) is 12.6. The van der Waals surface area contributed by atoms with E-state index in [1.165, 1.54) is 37.7 Å². The Bertz CT molecular complexity index is 727. The van der Waals surface area contributed by atoms with Crippen molar-refractivity contribution in [2.24, 2.45) is 0 Å². The van der Waals surface area contributed by atoms with E-state index in [0.717, 1.165) is 25.1 Å². The van der Waals surface area contributed by atoms with Crippen LogP contribution in [-0.2, 0) is 5.41 Å². The molecule has 25 heavy (non-hydrogen) atoms. The van der Waals surface area contributed by atoms with E-state index in [-0.39, 0.29) is 11.3 Å². The number of nitrogens with zero attached hydrogens (tertiary/aromatic N) is 2. The fraction of sp³-hybridized carbons (Fsp3) is 0.524. The van der Waals surface area contributed by atoms with E-state index in [9.17, 15) is 4.79 Å². The Morgan fingerprint density at radius 3 is 2.60 bits per heavy atom. The number of hydrogen-bond donors (Lipinski definition) is 1. The lowest BCUT2D eigenvalue weighted by atomic mass is 9.87. The molecule has 132 valence electrons. The summed E-state index contributed by atoms with van der Waals surface area (Å²) < 4.78 is 0. The molecular formula is C21H27N3O. The third-order valence-corrected chi connectivity index (χ3v) is 5.99. The average Bonchev–Trinajstić information content (AvgIpc) is 3.28. The van der Waals surface area contributed by atoms with Crippen molar-refractivity contribution in [1.82, 2.24) is 15.1 Å². The topological polar surface area (TPSA) is 49.0 Å². The first-order valence-electron chi connectivity index (χ1n) is 9.54. The SMILES string of the molecule is CN(CC1(c2ccccc2)CC1)C(=O)c1cc(C2CCCCC2)[nH]n1. The first kappa shape index (κ1) is 16.4. The second kappa shape index (κ2) is 6.66. The Labute approximate surface area is 149 Å². The van der Waals surface area contributed by atoms with Gasteiger partial charge in [-0.1, -0.05) is 49.6 Å². The first-order valence-corrected chi connectivity index (χ1v) is 9.54. The van der Waals surface area contributed by atoms with Gasteiger partial charge in [-0.2, -0.15) is 5.10 Å². The number of benzene rings is 1. The second-order valence-electron chi connectivity index (χ2n) is 7.85. The van der Waals surface area contributed by atoms with Crippen molar-refractivity contribution in [2.45, 2.75) is 56.3 Å². The number of carbonyl (C=O) groups is 1. The molecular weight excluding hydrogens is 310 g/mol. The lowest BCUT2D eigenvalue weighted by molar-refractivity contribution is 0.0775. The molecule has 0 atom stereocenters. The van der Waals surface area contributed by atoms with E-state index in [1.807, 2.05) is 24.1 Å². The van der Waals surface area contributed by atoms with Crippen molar-refractivity contribution in [1.29, 1.82) is 0 Å². The highest BCUT2D eigenvalue weighted by Crippen LogP contribution is 2.48. The second-order valence-corrected chi connectivity index (χ2v) is 7.85. The van der Waals surface area contributed by atoms with Crippen LogP contribution in [0.15, 0.2) is 36.4 Å². The summed E-state index contributed by atoms with van der Waals surface area (Å²) in [5, 5.41) is 7.44. The number of carbonyl (C=O) groups excluding carboxylic acids is 1. The van der Waals surface area contributed by atoms with Crippen LogP contribution in [0, 0.1) is 0 Å². The number of likely N-dealkylation sites (N-methyl/N-ethyl adjacent to an activating group) is 1. The molecule has 0 saturated heterocycles. The molecule has 2 fully saturated rings. The van der Waals surface area contributed by atoms with Crippen molar-refractivity contribution in [2.75, 3.05) is 13.6 Å². The summed E-state index contributed by atoms with van der Waals surface area (Å²) in [6.45, 7) is 0.765. The molecule has 2 aliphatic rings. The molecule has 4 rings (SSSR count). The van der Waals surface area contributed by atoms with Crippen LogP contribution in [0.4, 0.5) is 0 Å². The monoisotopic (exact) mass is 337 g/mol. The van der Waals surface area contributed by atoms with Gasteiger partial charge in [0.25, 0.3) is 5.91 Å². The third-order valence-electron chi connectivity index (χ3n) is 5.99. The van der Waals surface area contributed by atoms with Crippen LogP contribution in [0.3, 0.4) is 0 Å². The summed E-state index contributed by atoms with van der Waals surface area (Å²) in [7, 11) is 1.90. The van der Waals surface area contributed by atoms with Gasteiger partial charge in [0.1, 0.15) is 5.69 Å². The Balaban J connectivity index is 1.43. The molecule has 1 aromatic heterocycles.